The molecular weight excluding hydrogens is 474 g/mol. The third-order valence-corrected chi connectivity index (χ3v) is 10.1. The molecule has 2 fully saturated rings. The van der Waals surface area contributed by atoms with Gasteiger partial charge in [-0.25, -0.2) is 13.2 Å². The molecule has 0 spiro atoms. The molecule has 36 heavy (non-hydrogen) atoms. The van der Waals surface area contributed by atoms with Crippen molar-refractivity contribution in [1.82, 2.24) is 9.21 Å². The van der Waals surface area contributed by atoms with Crippen LogP contribution < -0.4 is 10.5 Å². The van der Waals surface area contributed by atoms with Gasteiger partial charge in [0.1, 0.15) is 5.58 Å². The molecule has 8 heteroatoms. The second-order valence-corrected chi connectivity index (χ2v) is 12.2. The molecule has 0 amide bonds. The second-order valence-electron chi connectivity index (χ2n) is 10.3. The van der Waals surface area contributed by atoms with Crippen LogP contribution in [0.2, 0.25) is 0 Å². The minimum Gasteiger partial charge on any atom is -0.423 e. The van der Waals surface area contributed by atoms with E-state index in [1.165, 1.54) is 54.6 Å². The van der Waals surface area contributed by atoms with E-state index in [0.717, 1.165) is 32.0 Å². The number of fused-ring (bicyclic) bond motifs is 2. The SMILES string of the molecule is O=c1ccc2cc(S(=O)(=O)N3CCN(c4ccc5c(c4)CCN(C4CCCC4)CC5)CC3)ccc2o1. The van der Waals surface area contributed by atoms with Crippen molar-refractivity contribution >= 4 is 26.7 Å². The lowest BCUT2D eigenvalue weighted by Gasteiger charge is -2.35. The van der Waals surface area contributed by atoms with E-state index in [1.807, 2.05) is 0 Å². The third-order valence-electron chi connectivity index (χ3n) is 8.20. The van der Waals surface area contributed by atoms with Gasteiger partial charge in [0.2, 0.25) is 10.0 Å². The summed E-state index contributed by atoms with van der Waals surface area (Å²) >= 11 is 0. The molecule has 1 saturated carbocycles. The highest BCUT2D eigenvalue weighted by atomic mass is 32.2. The average molecular weight is 508 g/mol. The summed E-state index contributed by atoms with van der Waals surface area (Å²) in [6.45, 7) is 4.51. The lowest BCUT2D eigenvalue weighted by molar-refractivity contribution is 0.208. The molecule has 0 atom stereocenters. The zero-order chi connectivity index (χ0) is 24.7. The standard InChI is InChI=1S/C28H33N3O4S/c32-28-10-6-23-20-26(8-9-27(23)35-28)36(33,34)31-17-15-30(16-18-31)25-7-5-21-11-13-29(14-12-22(21)19-25)24-3-1-2-4-24/h5-10,19-20,24H,1-4,11-18H2. The van der Waals surface area contributed by atoms with Gasteiger partial charge in [0.05, 0.1) is 4.90 Å². The first kappa shape index (κ1) is 23.7. The highest BCUT2D eigenvalue weighted by molar-refractivity contribution is 7.89. The molecular formula is C28H33N3O4S. The van der Waals surface area contributed by atoms with E-state index in [4.69, 9.17) is 4.42 Å². The van der Waals surface area contributed by atoms with Gasteiger partial charge in [-0.1, -0.05) is 18.9 Å². The lowest BCUT2D eigenvalue weighted by atomic mass is 10.0. The van der Waals surface area contributed by atoms with Gasteiger partial charge in [-0.2, -0.15) is 4.31 Å². The van der Waals surface area contributed by atoms with Crippen molar-refractivity contribution in [1.29, 1.82) is 0 Å². The Hall–Kier alpha value is -2.68. The van der Waals surface area contributed by atoms with Crippen LogP contribution in [0.15, 0.2) is 62.6 Å². The van der Waals surface area contributed by atoms with Gasteiger partial charge in [-0.15, -0.1) is 0 Å². The van der Waals surface area contributed by atoms with Crippen LogP contribution in [0.1, 0.15) is 36.8 Å². The molecule has 3 aliphatic rings. The van der Waals surface area contributed by atoms with Crippen molar-refractivity contribution in [3.05, 3.63) is 70.1 Å². The molecule has 6 rings (SSSR count). The third kappa shape index (κ3) is 4.58. The first-order chi connectivity index (χ1) is 17.5. The topological polar surface area (TPSA) is 74.1 Å². The van der Waals surface area contributed by atoms with E-state index < -0.39 is 15.6 Å². The van der Waals surface area contributed by atoms with Crippen molar-refractivity contribution in [2.75, 3.05) is 44.2 Å². The number of nitrogens with zero attached hydrogens (tertiary/aromatic N) is 3. The number of hydrogen-bond acceptors (Lipinski definition) is 6. The minimum atomic E-state index is -3.62. The highest BCUT2D eigenvalue weighted by Gasteiger charge is 2.30. The second kappa shape index (κ2) is 9.65. The molecule has 1 aliphatic carbocycles. The Balaban J connectivity index is 1.13. The molecule has 190 valence electrons. The quantitative estimate of drug-likeness (QED) is 0.502. The maximum Gasteiger partial charge on any atom is 0.336 e. The number of hydrogen-bond donors (Lipinski definition) is 0. The van der Waals surface area contributed by atoms with Gasteiger partial charge in [0.15, 0.2) is 0 Å². The summed E-state index contributed by atoms with van der Waals surface area (Å²) in [4.78, 5) is 16.7. The van der Waals surface area contributed by atoms with Crippen LogP contribution in [0.25, 0.3) is 11.0 Å². The van der Waals surface area contributed by atoms with Crippen molar-refractivity contribution < 1.29 is 12.8 Å². The highest BCUT2D eigenvalue weighted by Crippen LogP contribution is 2.29. The molecule has 3 heterocycles. The molecule has 0 bridgehead atoms. The number of piperazine rings is 1. The maximum absolute atomic E-state index is 13.3. The Bertz CT molecular complexity index is 1420. The van der Waals surface area contributed by atoms with Crippen molar-refractivity contribution in [2.45, 2.75) is 49.5 Å². The van der Waals surface area contributed by atoms with Crippen LogP contribution in [0, 0.1) is 0 Å². The predicted molar refractivity (Wildman–Crippen MR) is 141 cm³/mol. The first-order valence-electron chi connectivity index (χ1n) is 13.1. The zero-order valence-electron chi connectivity index (χ0n) is 20.6. The van der Waals surface area contributed by atoms with Crippen LogP contribution in [-0.4, -0.2) is 62.9 Å². The molecule has 0 radical (unpaired) electrons. The Labute approximate surface area is 212 Å². The van der Waals surface area contributed by atoms with E-state index in [1.54, 1.807) is 22.5 Å². The van der Waals surface area contributed by atoms with Crippen molar-refractivity contribution in [2.24, 2.45) is 0 Å². The fraction of sp³-hybridized carbons (Fsp3) is 0.464. The van der Waals surface area contributed by atoms with Crippen LogP contribution in [0.3, 0.4) is 0 Å². The predicted octanol–water partition coefficient (Wildman–Crippen LogP) is 3.65. The lowest BCUT2D eigenvalue weighted by Crippen LogP contribution is -2.48. The summed E-state index contributed by atoms with van der Waals surface area (Å²) in [6, 6.07) is 15.2. The summed E-state index contributed by atoms with van der Waals surface area (Å²) in [6.07, 6.45) is 7.66. The van der Waals surface area contributed by atoms with Gasteiger partial charge >= 0.3 is 5.63 Å². The van der Waals surface area contributed by atoms with Crippen molar-refractivity contribution in [3.8, 4) is 0 Å². The van der Waals surface area contributed by atoms with E-state index in [9.17, 15) is 13.2 Å². The molecule has 2 aromatic carbocycles. The van der Waals surface area contributed by atoms with Gasteiger partial charge < -0.3 is 9.32 Å². The Morgan fingerprint density at radius 2 is 1.53 bits per heavy atom. The molecule has 7 nitrogen and oxygen atoms in total. The number of benzene rings is 2. The normalized spacial score (nSPS) is 20.5. The van der Waals surface area contributed by atoms with E-state index in [-0.39, 0.29) is 4.90 Å². The Kier molecular flexibility index (Phi) is 6.35. The van der Waals surface area contributed by atoms with Gasteiger partial charge in [-0.3, -0.25) is 4.90 Å². The molecule has 3 aromatic rings. The molecule has 1 aromatic heterocycles. The van der Waals surface area contributed by atoms with E-state index >= 15 is 0 Å². The molecule has 1 saturated heterocycles. The van der Waals surface area contributed by atoms with Gasteiger partial charge in [0.25, 0.3) is 0 Å². The average Bonchev–Trinajstić information content (AvgIpc) is 3.35. The monoisotopic (exact) mass is 507 g/mol. The zero-order valence-corrected chi connectivity index (χ0v) is 21.4. The molecule has 0 unspecified atom stereocenters. The van der Waals surface area contributed by atoms with Crippen LogP contribution in [-0.2, 0) is 22.9 Å². The summed E-state index contributed by atoms with van der Waals surface area (Å²) in [7, 11) is -3.62. The first-order valence-corrected chi connectivity index (χ1v) is 14.6. The Morgan fingerprint density at radius 3 is 2.31 bits per heavy atom. The Morgan fingerprint density at radius 1 is 0.778 bits per heavy atom. The van der Waals surface area contributed by atoms with Crippen LogP contribution in [0.4, 0.5) is 5.69 Å². The number of anilines is 1. The van der Waals surface area contributed by atoms with Gasteiger partial charge in [0, 0.05) is 62.5 Å². The minimum absolute atomic E-state index is 0.231. The smallest absolute Gasteiger partial charge is 0.336 e. The number of sulfonamides is 1. The fourth-order valence-electron chi connectivity index (χ4n) is 6.11. The number of rotatable bonds is 4. The van der Waals surface area contributed by atoms with Gasteiger partial charge in [-0.05, 0) is 73.2 Å². The van der Waals surface area contributed by atoms with Crippen LogP contribution in [0.5, 0.6) is 0 Å². The van der Waals surface area contributed by atoms with Crippen molar-refractivity contribution in [3.63, 3.8) is 0 Å². The summed E-state index contributed by atoms with van der Waals surface area (Å²) in [5.74, 6) is 0. The summed E-state index contributed by atoms with van der Waals surface area (Å²) in [5.41, 5.74) is 4.05. The maximum atomic E-state index is 13.3. The largest absolute Gasteiger partial charge is 0.423 e. The fourth-order valence-corrected chi connectivity index (χ4v) is 7.56. The summed E-state index contributed by atoms with van der Waals surface area (Å²) in [5, 5.41) is 0.603. The van der Waals surface area contributed by atoms with Crippen LogP contribution >= 0.6 is 0 Å². The van der Waals surface area contributed by atoms with E-state index in [0.29, 0.717) is 37.1 Å². The summed E-state index contributed by atoms with van der Waals surface area (Å²) < 4.78 is 33.3. The molecule has 2 aliphatic heterocycles. The molecule has 0 N–H and O–H groups in total. The van der Waals surface area contributed by atoms with E-state index in [2.05, 4.69) is 28.0 Å².